The molecule has 102 valence electrons. The minimum Gasteiger partial charge on any atom is -0.450 e. The van der Waals surface area contributed by atoms with Crippen LogP contribution in [0.2, 0.25) is 0 Å². The van der Waals surface area contributed by atoms with Crippen LogP contribution in [0.5, 0.6) is 0 Å². The Labute approximate surface area is 122 Å². The Bertz CT molecular complexity index is 457. The first-order valence-electron chi connectivity index (χ1n) is 6.23. The lowest BCUT2D eigenvalue weighted by molar-refractivity contribution is 0.0900. The third kappa shape index (κ3) is 6.30. The molecule has 1 N–H and O–H groups in total. The zero-order valence-corrected chi connectivity index (χ0v) is 12.4. The van der Waals surface area contributed by atoms with Crippen LogP contribution in [0, 0.1) is 11.8 Å². The molecule has 1 aromatic carbocycles. The molecule has 19 heavy (non-hydrogen) atoms. The lowest BCUT2D eigenvalue weighted by atomic mass is 10.0. The van der Waals surface area contributed by atoms with Crippen molar-refractivity contribution in [1.82, 2.24) is 0 Å². The van der Waals surface area contributed by atoms with E-state index in [9.17, 15) is 4.79 Å². The Balaban J connectivity index is 2.75. The van der Waals surface area contributed by atoms with Crippen molar-refractivity contribution < 1.29 is 14.6 Å². The molecule has 1 atom stereocenters. The SMILES string of the molecule is CCCCC#CC(COC(=O)O)c1ccc(Br)cc1. The summed E-state index contributed by atoms with van der Waals surface area (Å²) in [6.45, 7) is 2.18. The van der Waals surface area contributed by atoms with Crippen molar-refractivity contribution in [2.45, 2.75) is 32.1 Å². The fourth-order valence-electron chi connectivity index (χ4n) is 1.53. The Morgan fingerprint density at radius 3 is 2.68 bits per heavy atom. The molecular formula is C15H17BrO3. The van der Waals surface area contributed by atoms with Crippen LogP contribution >= 0.6 is 15.9 Å². The minimum atomic E-state index is -1.27. The fraction of sp³-hybridized carbons (Fsp3) is 0.400. The second-order valence-electron chi connectivity index (χ2n) is 4.11. The first-order chi connectivity index (χ1) is 9.13. The second-order valence-corrected chi connectivity index (χ2v) is 5.02. The van der Waals surface area contributed by atoms with Gasteiger partial charge in [-0.25, -0.2) is 4.79 Å². The van der Waals surface area contributed by atoms with E-state index in [4.69, 9.17) is 5.11 Å². The van der Waals surface area contributed by atoms with Gasteiger partial charge in [-0.1, -0.05) is 47.3 Å². The van der Waals surface area contributed by atoms with Gasteiger partial charge in [-0.2, -0.15) is 0 Å². The molecule has 0 aliphatic heterocycles. The van der Waals surface area contributed by atoms with E-state index in [0.29, 0.717) is 0 Å². The number of hydrogen-bond donors (Lipinski definition) is 1. The number of carbonyl (C=O) groups is 1. The van der Waals surface area contributed by atoms with Crippen molar-refractivity contribution in [2.24, 2.45) is 0 Å². The zero-order chi connectivity index (χ0) is 14.1. The highest BCUT2D eigenvalue weighted by Gasteiger charge is 2.11. The van der Waals surface area contributed by atoms with Crippen LogP contribution in [0.1, 0.15) is 37.7 Å². The van der Waals surface area contributed by atoms with Crippen molar-refractivity contribution in [1.29, 1.82) is 0 Å². The first-order valence-corrected chi connectivity index (χ1v) is 7.02. The van der Waals surface area contributed by atoms with Crippen molar-refractivity contribution in [2.75, 3.05) is 6.61 Å². The van der Waals surface area contributed by atoms with Gasteiger partial charge in [0.2, 0.25) is 0 Å². The average Bonchev–Trinajstić information content (AvgIpc) is 2.39. The molecule has 0 aliphatic rings. The number of rotatable bonds is 5. The average molecular weight is 325 g/mol. The van der Waals surface area contributed by atoms with Gasteiger partial charge in [-0.05, 0) is 24.1 Å². The largest absolute Gasteiger partial charge is 0.505 e. The van der Waals surface area contributed by atoms with E-state index in [2.05, 4.69) is 39.4 Å². The molecule has 0 heterocycles. The van der Waals surface area contributed by atoms with Crippen LogP contribution in [-0.2, 0) is 4.74 Å². The molecule has 0 fully saturated rings. The van der Waals surface area contributed by atoms with Crippen LogP contribution in [-0.4, -0.2) is 17.9 Å². The summed E-state index contributed by atoms with van der Waals surface area (Å²) < 4.78 is 5.63. The summed E-state index contributed by atoms with van der Waals surface area (Å²) >= 11 is 3.37. The molecule has 0 saturated carbocycles. The van der Waals surface area contributed by atoms with Gasteiger partial charge >= 0.3 is 6.16 Å². The Morgan fingerprint density at radius 1 is 1.42 bits per heavy atom. The molecule has 1 rings (SSSR count). The lowest BCUT2D eigenvalue weighted by Gasteiger charge is -2.10. The first kappa shape index (κ1) is 15.6. The molecule has 0 amide bonds. The third-order valence-electron chi connectivity index (χ3n) is 2.58. The second kappa shape index (κ2) is 8.60. The van der Waals surface area contributed by atoms with E-state index in [0.717, 1.165) is 29.3 Å². The van der Waals surface area contributed by atoms with Gasteiger partial charge in [0.1, 0.15) is 6.61 Å². The maximum Gasteiger partial charge on any atom is 0.505 e. The summed E-state index contributed by atoms with van der Waals surface area (Å²) in [4.78, 5) is 10.5. The van der Waals surface area contributed by atoms with Crippen molar-refractivity contribution in [3.05, 3.63) is 34.3 Å². The number of ether oxygens (including phenoxy) is 1. The van der Waals surface area contributed by atoms with Gasteiger partial charge < -0.3 is 9.84 Å². The van der Waals surface area contributed by atoms with Crippen LogP contribution < -0.4 is 0 Å². The molecule has 1 unspecified atom stereocenters. The number of unbranched alkanes of at least 4 members (excludes halogenated alkanes) is 2. The molecule has 0 radical (unpaired) electrons. The molecule has 0 aromatic heterocycles. The van der Waals surface area contributed by atoms with E-state index in [1.54, 1.807) is 0 Å². The van der Waals surface area contributed by atoms with Gasteiger partial charge in [0, 0.05) is 10.9 Å². The molecule has 4 heteroatoms. The van der Waals surface area contributed by atoms with Crippen molar-refractivity contribution in [3.8, 4) is 11.8 Å². The van der Waals surface area contributed by atoms with E-state index in [-0.39, 0.29) is 12.5 Å². The third-order valence-corrected chi connectivity index (χ3v) is 3.11. The van der Waals surface area contributed by atoms with Gasteiger partial charge in [0.15, 0.2) is 0 Å². The summed E-state index contributed by atoms with van der Waals surface area (Å²) in [5.74, 6) is 5.97. The zero-order valence-electron chi connectivity index (χ0n) is 10.9. The van der Waals surface area contributed by atoms with E-state index in [1.165, 1.54) is 0 Å². The molecule has 1 aromatic rings. The monoisotopic (exact) mass is 324 g/mol. The highest BCUT2D eigenvalue weighted by Crippen LogP contribution is 2.19. The van der Waals surface area contributed by atoms with Crippen molar-refractivity contribution in [3.63, 3.8) is 0 Å². The smallest absolute Gasteiger partial charge is 0.450 e. The van der Waals surface area contributed by atoms with Crippen LogP contribution in [0.3, 0.4) is 0 Å². The summed E-state index contributed by atoms with van der Waals surface area (Å²) in [6, 6.07) is 7.68. The number of hydrogen-bond acceptors (Lipinski definition) is 2. The molecule has 0 spiro atoms. The molecular weight excluding hydrogens is 308 g/mol. The summed E-state index contributed by atoms with van der Waals surface area (Å²) in [6.07, 6.45) is 1.72. The predicted molar refractivity (Wildman–Crippen MR) is 78.2 cm³/mol. The van der Waals surface area contributed by atoms with E-state index in [1.807, 2.05) is 24.3 Å². The van der Waals surface area contributed by atoms with Crippen molar-refractivity contribution >= 4 is 22.1 Å². The quantitative estimate of drug-likeness (QED) is 0.495. The summed E-state index contributed by atoms with van der Waals surface area (Å²) in [7, 11) is 0. The molecule has 3 nitrogen and oxygen atoms in total. The number of carboxylic acid groups (broad SMARTS) is 1. The van der Waals surface area contributed by atoms with E-state index >= 15 is 0 Å². The van der Waals surface area contributed by atoms with Gasteiger partial charge in [0.25, 0.3) is 0 Å². The van der Waals surface area contributed by atoms with Crippen LogP contribution in [0.4, 0.5) is 4.79 Å². The maximum absolute atomic E-state index is 10.5. The van der Waals surface area contributed by atoms with Gasteiger partial charge in [-0.15, -0.1) is 5.92 Å². The number of halogens is 1. The Hall–Kier alpha value is -1.47. The highest BCUT2D eigenvalue weighted by molar-refractivity contribution is 9.10. The standard InChI is InChI=1S/C15H17BrO3/c1-2-3-4-5-6-13(11-19-15(17)18)12-7-9-14(16)10-8-12/h7-10,13H,2-4,11H2,1H3,(H,17,18). The Kier molecular flexibility index (Phi) is 7.06. The normalized spacial score (nSPS) is 11.3. The highest BCUT2D eigenvalue weighted by atomic mass is 79.9. The summed E-state index contributed by atoms with van der Waals surface area (Å²) in [5, 5.41) is 8.59. The molecule has 0 saturated heterocycles. The van der Waals surface area contributed by atoms with Crippen LogP contribution in [0.25, 0.3) is 0 Å². The molecule has 0 aliphatic carbocycles. The predicted octanol–water partition coefficient (Wildman–Crippen LogP) is 4.42. The van der Waals surface area contributed by atoms with Gasteiger partial charge in [0.05, 0.1) is 5.92 Å². The summed E-state index contributed by atoms with van der Waals surface area (Å²) in [5.41, 5.74) is 0.966. The van der Waals surface area contributed by atoms with Crippen LogP contribution in [0.15, 0.2) is 28.7 Å². The minimum absolute atomic E-state index is 0.0656. The fourth-order valence-corrected chi connectivity index (χ4v) is 1.80. The molecule has 0 bridgehead atoms. The lowest BCUT2D eigenvalue weighted by Crippen LogP contribution is -2.10. The topological polar surface area (TPSA) is 46.5 Å². The van der Waals surface area contributed by atoms with E-state index < -0.39 is 6.16 Å². The number of benzene rings is 1. The maximum atomic E-state index is 10.5. The van der Waals surface area contributed by atoms with Gasteiger partial charge in [-0.3, -0.25) is 0 Å². The Morgan fingerprint density at radius 2 is 2.11 bits per heavy atom.